The summed E-state index contributed by atoms with van der Waals surface area (Å²) in [5.41, 5.74) is 12.3. The van der Waals surface area contributed by atoms with Crippen molar-refractivity contribution in [2.45, 2.75) is 13.0 Å². The number of azide groups is 1. The minimum Gasteiger partial charge on any atom is -0.250 e. The van der Waals surface area contributed by atoms with Gasteiger partial charge in [0.1, 0.15) is 0 Å². The van der Waals surface area contributed by atoms with E-state index >= 15 is 0 Å². The maximum absolute atomic E-state index is 8.63. The summed E-state index contributed by atoms with van der Waals surface area (Å²) in [6.45, 7) is 1.93. The topological polar surface area (TPSA) is 61.7 Å². The fourth-order valence-corrected chi connectivity index (χ4v) is 2.39. The molecule has 0 amide bonds. The predicted octanol–water partition coefficient (Wildman–Crippen LogP) is 3.85. The first-order valence-electron chi connectivity index (χ1n) is 4.82. The van der Waals surface area contributed by atoms with Gasteiger partial charge in [-0.3, -0.25) is 0 Å². The van der Waals surface area contributed by atoms with Crippen molar-refractivity contribution >= 4 is 11.3 Å². The number of hydrogen-bond acceptors (Lipinski definition) is 3. The summed E-state index contributed by atoms with van der Waals surface area (Å²) in [7, 11) is 0. The Labute approximate surface area is 97.2 Å². The van der Waals surface area contributed by atoms with Gasteiger partial charge in [0.2, 0.25) is 0 Å². The quantitative estimate of drug-likeness (QED) is 0.448. The van der Waals surface area contributed by atoms with Crippen LogP contribution < -0.4 is 0 Å². The van der Waals surface area contributed by atoms with Gasteiger partial charge in [0.15, 0.2) is 0 Å². The average Bonchev–Trinajstić information content (AvgIpc) is 2.73. The van der Waals surface area contributed by atoms with E-state index in [1.165, 1.54) is 11.3 Å². The van der Waals surface area contributed by atoms with Gasteiger partial charge in [-0.1, -0.05) is 35.4 Å². The summed E-state index contributed by atoms with van der Waals surface area (Å²) in [6.07, 6.45) is 0. The zero-order valence-corrected chi connectivity index (χ0v) is 9.56. The largest absolute Gasteiger partial charge is 0.250 e. The van der Waals surface area contributed by atoms with Crippen molar-refractivity contribution in [3.8, 4) is 0 Å². The molecule has 0 aliphatic rings. The van der Waals surface area contributed by atoms with Gasteiger partial charge in [0, 0.05) is 9.79 Å². The van der Waals surface area contributed by atoms with Crippen LogP contribution in [-0.2, 0) is 0 Å². The van der Waals surface area contributed by atoms with Crippen LogP contribution in [0.2, 0.25) is 0 Å². The summed E-state index contributed by atoms with van der Waals surface area (Å²) in [4.78, 5) is 8.10. The number of aryl methyl sites for hydroxylation is 1. The van der Waals surface area contributed by atoms with Gasteiger partial charge in [-0.25, -0.2) is 4.98 Å². The van der Waals surface area contributed by atoms with Crippen molar-refractivity contribution in [2.75, 3.05) is 0 Å². The van der Waals surface area contributed by atoms with E-state index in [1.807, 2.05) is 37.3 Å². The van der Waals surface area contributed by atoms with E-state index in [0.29, 0.717) is 0 Å². The number of aromatic nitrogens is 1. The summed E-state index contributed by atoms with van der Waals surface area (Å²) in [5, 5.41) is 3.85. The Bertz CT molecular complexity index is 514. The van der Waals surface area contributed by atoms with Crippen LogP contribution in [0.5, 0.6) is 0 Å². The number of thiazole rings is 1. The van der Waals surface area contributed by atoms with Crippen LogP contribution in [0.25, 0.3) is 10.4 Å². The third kappa shape index (κ3) is 2.05. The lowest BCUT2D eigenvalue weighted by molar-refractivity contribution is 0.865. The highest BCUT2D eigenvalue weighted by molar-refractivity contribution is 7.09. The van der Waals surface area contributed by atoms with Crippen LogP contribution in [0, 0.1) is 6.92 Å². The summed E-state index contributed by atoms with van der Waals surface area (Å²) in [6, 6.07) is 9.46. The van der Waals surface area contributed by atoms with Crippen LogP contribution in [0.1, 0.15) is 22.2 Å². The lowest BCUT2D eigenvalue weighted by Crippen LogP contribution is -1.96. The second-order valence-electron chi connectivity index (χ2n) is 3.32. The Balaban J connectivity index is 2.47. The highest BCUT2D eigenvalue weighted by Gasteiger charge is 2.16. The predicted molar refractivity (Wildman–Crippen MR) is 64.3 cm³/mol. The van der Waals surface area contributed by atoms with Gasteiger partial charge >= 0.3 is 0 Å². The number of nitrogens with zero attached hydrogens (tertiary/aromatic N) is 4. The summed E-state index contributed by atoms with van der Waals surface area (Å²) < 4.78 is 0. The minimum atomic E-state index is -0.265. The molecule has 0 bridgehead atoms. The lowest BCUT2D eigenvalue weighted by atomic mass is 10.1. The van der Waals surface area contributed by atoms with E-state index in [0.717, 1.165) is 16.1 Å². The van der Waals surface area contributed by atoms with Gasteiger partial charge in [0.25, 0.3) is 0 Å². The fraction of sp³-hybridized carbons (Fsp3) is 0.182. The van der Waals surface area contributed by atoms with E-state index < -0.39 is 0 Å². The van der Waals surface area contributed by atoms with Crippen molar-refractivity contribution in [1.29, 1.82) is 0 Å². The average molecular weight is 230 g/mol. The summed E-state index contributed by atoms with van der Waals surface area (Å²) in [5.74, 6) is 0. The lowest BCUT2D eigenvalue weighted by Gasteiger charge is -2.09. The van der Waals surface area contributed by atoms with Crippen LogP contribution in [0.3, 0.4) is 0 Å². The van der Waals surface area contributed by atoms with E-state index in [4.69, 9.17) is 5.53 Å². The zero-order chi connectivity index (χ0) is 11.4. The van der Waals surface area contributed by atoms with Crippen LogP contribution in [-0.4, -0.2) is 4.98 Å². The smallest absolute Gasteiger partial charge is 0.0988 e. The first-order valence-corrected chi connectivity index (χ1v) is 5.70. The molecular formula is C11H10N4S. The van der Waals surface area contributed by atoms with E-state index in [-0.39, 0.29) is 6.04 Å². The molecular weight excluding hydrogens is 220 g/mol. The second kappa shape index (κ2) is 4.79. The second-order valence-corrected chi connectivity index (χ2v) is 4.21. The Morgan fingerprint density at radius 3 is 2.69 bits per heavy atom. The molecule has 1 unspecified atom stereocenters. The van der Waals surface area contributed by atoms with Crippen LogP contribution in [0.15, 0.2) is 41.0 Å². The maximum atomic E-state index is 8.63. The van der Waals surface area contributed by atoms with Crippen LogP contribution in [0.4, 0.5) is 0 Å². The summed E-state index contributed by atoms with van der Waals surface area (Å²) >= 11 is 1.52. The molecule has 2 rings (SSSR count). The molecule has 1 atom stereocenters. The Morgan fingerprint density at radius 1 is 1.38 bits per heavy atom. The van der Waals surface area contributed by atoms with Crippen molar-refractivity contribution in [1.82, 2.24) is 4.98 Å². The molecule has 16 heavy (non-hydrogen) atoms. The van der Waals surface area contributed by atoms with Gasteiger partial charge in [0.05, 0.1) is 17.2 Å². The fourth-order valence-electron chi connectivity index (χ4n) is 1.53. The molecule has 0 aliphatic heterocycles. The van der Waals surface area contributed by atoms with Crippen molar-refractivity contribution < 1.29 is 0 Å². The molecule has 0 N–H and O–H groups in total. The van der Waals surface area contributed by atoms with Crippen molar-refractivity contribution in [2.24, 2.45) is 5.11 Å². The van der Waals surface area contributed by atoms with E-state index in [1.54, 1.807) is 5.51 Å². The first kappa shape index (κ1) is 10.7. The number of benzene rings is 1. The molecule has 4 nitrogen and oxygen atoms in total. The molecule has 1 aromatic carbocycles. The molecule has 0 fully saturated rings. The number of rotatable bonds is 3. The SMILES string of the molecule is Cc1ncsc1C(N=[N+]=[N-])c1ccccc1. The van der Waals surface area contributed by atoms with Crippen molar-refractivity contribution in [3.05, 3.63) is 62.4 Å². The molecule has 0 spiro atoms. The van der Waals surface area contributed by atoms with Gasteiger partial charge in [-0.2, -0.15) is 0 Å². The highest BCUT2D eigenvalue weighted by Crippen LogP contribution is 2.31. The van der Waals surface area contributed by atoms with E-state index in [2.05, 4.69) is 15.0 Å². The number of hydrogen-bond donors (Lipinski definition) is 0. The maximum Gasteiger partial charge on any atom is 0.0988 e. The first-order chi connectivity index (χ1) is 7.83. The molecule has 80 valence electrons. The third-order valence-corrected chi connectivity index (χ3v) is 3.30. The van der Waals surface area contributed by atoms with Crippen molar-refractivity contribution in [3.63, 3.8) is 0 Å². The van der Waals surface area contributed by atoms with Crippen LogP contribution >= 0.6 is 11.3 Å². The third-order valence-electron chi connectivity index (χ3n) is 2.31. The molecule has 0 saturated carbocycles. The zero-order valence-electron chi connectivity index (χ0n) is 8.74. The normalized spacial score (nSPS) is 11.8. The van der Waals surface area contributed by atoms with Gasteiger partial charge in [-0.05, 0) is 18.0 Å². The Kier molecular flexibility index (Phi) is 3.19. The molecule has 0 saturated heterocycles. The van der Waals surface area contributed by atoms with E-state index in [9.17, 15) is 0 Å². The monoisotopic (exact) mass is 230 g/mol. The molecule has 0 radical (unpaired) electrons. The minimum absolute atomic E-state index is 0.265. The Hall–Kier alpha value is -1.84. The standard InChI is InChI=1S/C11H10N4S/c1-8-11(16-7-13-8)10(14-15-12)9-5-3-2-4-6-9/h2-7,10H,1H3. The van der Waals surface area contributed by atoms with Gasteiger partial charge < -0.3 is 0 Å². The molecule has 0 aliphatic carbocycles. The molecule has 2 aromatic rings. The van der Waals surface area contributed by atoms with Gasteiger partial charge in [-0.15, -0.1) is 11.3 Å². The highest BCUT2D eigenvalue weighted by atomic mass is 32.1. The molecule has 5 heteroatoms. The Morgan fingerprint density at radius 2 is 2.12 bits per heavy atom. The molecule has 1 heterocycles. The molecule has 1 aromatic heterocycles.